The van der Waals surface area contributed by atoms with Crippen LogP contribution in [0, 0.1) is 23.0 Å². The second-order valence-corrected chi connectivity index (χ2v) is 7.95. The second kappa shape index (κ2) is 6.99. The molecule has 2 unspecified atom stereocenters. The summed E-state index contributed by atoms with van der Waals surface area (Å²) in [6.45, 7) is 1.08. The molecule has 9 heteroatoms. The van der Waals surface area contributed by atoms with Crippen LogP contribution in [-0.2, 0) is 9.53 Å². The Morgan fingerprint density at radius 1 is 1.10 bits per heavy atom. The van der Waals surface area contributed by atoms with Gasteiger partial charge in [-0.1, -0.05) is 0 Å². The van der Waals surface area contributed by atoms with Crippen molar-refractivity contribution in [1.82, 2.24) is 14.9 Å². The van der Waals surface area contributed by atoms with Crippen LogP contribution in [0.1, 0.15) is 42.9 Å². The van der Waals surface area contributed by atoms with Gasteiger partial charge in [-0.3, -0.25) is 4.79 Å². The predicted molar refractivity (Wildman–Crippen MR) is 101 cm³/mol. The summed E-state index contributed by atoms with van der Waals surface area (Å²) >= 11 is 0. The van der Waals surface area contributed by atoms with E-state index in [0.717, 1.165) is 6.07 Å². The Hall–Kier alpha value is -3.12. The molecule has 30 heavy (non-hydrogen) atoms. The standard InChI is InChI=1S/C21H19F2N5O2/c22-15-7-14(8-16(23)9-15)17-1-2-18-28(17)19(29)21(30-18)3-5-27(6-4-21)20-25-11-13(10-24)12-26-20/h7-9,11-12,17-18H,1-6H2. The molecule has 4 heterocycles. The van der Waals surface area contributed by atoms with Crippen molar-refractivity contribution >= 4 is 11.9 Å². The molecule has 1 amide bonds. The average molecular weight is 411 g/mol. The average Bonchev–Trinajstić information content (AvgIpc) is 3.26. The SMILES string of the molecule is N#Cc1cnc(N2CCC3(CC2)OC2CCC(c4cc(F)cc(F)c4)N2C3=O)nc1. The monoisotopic (exact) mass is 411 g/mol. The van der Waals surface area contributed by atoms with E-state index in [1.807, 2.05) is 11.0 Å². The summed E-state index contributed by atoms with van der Waals surface area (Å²) in [6.07, 6.45) is 4.79. The quantitative estimate of drug-likeness (QED) is 0.756. The normalized spacial score (nSPS) is 24.9. The molecule has 5 rings (SSSR count). The molecule has 0 bridgehead atoms. The molecule has 154 valence electrons. The third-order valence-corrected chi connectivity index (χ3v) is 6.21. The van der Waals surface area contributed by atoms with Crippen LogP contribution >= 0.6 is 0 Å². The second-order valence-electron chi connectivity index (χ2n) is 7.95. The molecule has 3 fully saturated rings. The van der Waals surface area contributed by atoms with E-state index in [1.54, 1.807) is 4.90 Å². The highest BCUT2D eigenvalue weighted by Gasteiger charge is 2.58. The smallest absolute Gasteiger partial charge is 0.257 e. The highest BCUT2D eigenvalue weighted by atomic mass is 19.1. The van der Waals surface area contributed by atoms with Crippen LogP contribution < -0.4 is 4.90 Å². The topological polar surface area (TPSA) is 82.4 Å². The molecule has 0 aliphatic carbocycles. The molecular weight excluding hydrogens is 392 g/mol. The summed E-state index contributed by atoms with van der Waals surface area (Å²) in [6, 6.07) is 5.02. The van der Waals surface area contributed by atoms with Gasteiger partial charge in [-0.05, 0) is 30.5 Å². The number of carbonyl (C=O) groups is 1. The van der Waals surface area contributed by atoms with Crippen molar-refractivity contribution in [1.29, 1.82) is 5.26 Å². The lowest BCUT2D eigenvalue weighted by molar-refractivity contribution is -0.140. The van der Waals surface area contributed by atoms with Gasteiger partial charge in [0, 0.05) is 32.0 Å². The first kappa shape index (κ1) is 18.9. The number of ether oxygens (including phenoxy) is 1. The number of piperidine rings is 1. The minimum atomic E-state index is -0.918. The highest BCUT2D eigenvalue weighted by Crippen LogP contribution is 2.47. The lowest BCUT2D eigenvalue weighted by atomic mass is 9.89. The summed E-state index contributed by atoms with van der Waals surface area (Å²) in [4.78, 5) is 25.4. The van der Waals surface area contributed by atoms with Crippen molar-refractivity contribution in [2.24, 2.45) is 0 Å². The Morgan fingerprint density at radius 3 is 2.40 bits per heavy atom. The minimum Gasteiger partial charge on any atom is -0.342 e. The number of halogens is 2. The largest absolute Gasteiger partial charge is 0.342 e. The molecule has 0 radical (unpaired) electrons. The summed E-state index contributed by atoms with van der Waals surface area (Å²) in [5.74, 6) is -0.888. The van der Waals surface area contributed by atoms with E-state index < -0.39 is 17.2 Å². The first-order valence-corrected chi connectivity index (χ1v) is 9.93. The number of anilines is 1. The number of nitrogens with zero attached hydrogens (tertiary/aromatic N) is 5. The maximum atomic E-state index is 13.7. The number of hydrogen-bond acceptors (Lipinski definition) is 6. The van der Waals surface area contributed by atoms with Gasteiger partial charge in [-0.15, -0.1) is 0 Å². The Bertz CT molecular complexity index is 1010. The van der Waals surface area contributed by atoms with E-state index in [-0.39, 0.29) is 18.2 Å². The van der Waals surface area contributed by atoms with E-state index in [4.69, 9.17) is 10.00 Å². The zero-order valence-corrected chi connectivity index (χ0v) is 16.1. The number of fused-ring (bicyclic) bond motifs is 1. The fraction of sp³-hybridized carbons (Fsp3) is 0.429. The molecule has 0 saturated carbocycles. The van der Waals surface area contributed by atoms with E-state index in [0.29, 0.717) is 55.8 Å². The van der Waals surface area contributed by atoms with Crippen LogP contribution in [0.2, 0.25) is 0 Å². The van der Waals surface area contributed by atoms with Crippen LogP contribution in [0.5, 0.6) is 0 Å². The molecule has 0 N–H and O–H groups in total. The number of hydrogen-bond donors (Lipinski definition) is 0. The molecule has 7 nitrogen and oxygen atoms in total. The van der Waals surface area contributed by atoms with Crippen molar-refractivity contribution < 1.29 is 18.3 Å². The molecule has 1 spiro atoms. The van der Waals surface area contributed by atoms with Gasteiger partial charge in [-0.25, -0.2) is 18.7 Å². The Morgan fingerprint density at radius 2 is 1.77 bits per heavy atom. The predicted octanol–water partition coefficient (Wildman–Crippen LogP) is 2.69. The van der Waals surface area contributed by atoms with E-state index in [1.165, 1.54) is 24.5 Å². The zero-order chi connectivity index (χ0) is 20.9. The molecule has 1 aromatic carbocycles. The number of rotatable bonds is 2. The first-order valence-electron chi connectivity index (χ1n) is 9.93. The van der Waals surface area contributed by atoms with E-state index >= 15 is 0 Å². The number of nitriles is 1. The number of benzene rings is 1. The van der Waals surface area contributed by atoms with Crippen LogP contribution in [0.4, 0.5) is 14.7 Å². The third kappa shape index (κ3) is 2.99. The van der Waals surface area contributed by atoms with Crippen molar-refractivity contribution in [3.8, 4) is 6.07 Å². The third-order valence-electron chi connectivity index (χ3n) is 6.21. The number of carbonyl (C=O) groups excluding carboxylic acids is 1. The van der Waals surface area contributed by atoms with Crippen molar-refractivity contribution in [3.63, 3.8) is 0 Å². The molecule has 3 aliphatic rings. The first-order chi connectivity index (χ1) is 14.5. The Kier molecular flexibility index (Phi) is 4.40. The summed E-state index contributed by atoms with van der Waals surface area (Å²) < 4.78 is 33.7. The lowest BCUT2D eigenvalue weighted by Crippen LogP contribution is -2.50. The molecule has 2 aromatic rings. The van der Waals surface area contributed by atoms with Gasteiger partial charge in [0.1, 0.15) is 23.9 Å². The van der Waals surface area contributed by atoms with Crippen molar-refractivity contribution in [3.05, 3.63) is 53.4 Å². The lowest BCUT2D eigenvalue weighted by Gasteiger charge is -2.37. The van der Waals surface area contributed by atoms with E-state index in [9.17, 15) is 13.6 Å². The Labute approximate surface area is 171 Å². The van der Waals surface area contributed by atoms with Gasteiger partial charge >= 0.3 is 0 Å². The Balaban J connectivity index is 1.33. The summed E-state index contributed by atoms with van der Waals surface area (Å²) in [5, 5.41) is 8.88. The molecule has 3 saturated heterocycles. The van der Waals surface area contributed by atoms with Gasteiger partial charge in [0.15, 0.2) is 5.60 Å². The van der Waals surface area contributed by atoms with Crippen LogP contribution in [0.3, 0.4) is 0 Å². The van der Waals surface area contributed by atoms with Gasteiger partial charge in [0.25, 0.3) is 5.91 Å². The molecule has 3 aliphatic heterocycles. The fourth-order valence-corrected chi connectivity index (χ4v) is 4.75. The minimum absolute atomic E-state index is 0.111. The maximum Gasteiger partial charge on any atom is 0.257 e. The van der Waals surface area contributed by atoms with Crippen molar-refractivity contribution in [2.45, 2.75) is 43.6 Å². The van der Waals surface area contributed by atoms with Gasteiger partial charge in [0.2, 0.25) is 5.95 Å². The highest BCUT2D eigenvalue weighted by molar-refractivity contribution is 5.88. The zero-order valence-electron chi connectivity index (χ0n) is 16.1. The maximum absolute atomic E-state index is 13.7. The molecule has 1 aromatic heterocycles. The van der Waals surface area contributed by atoms with Crippen LogP contribution in [-0.4, -0.2) is 45.7 Å². The van der Waals surface area contributed by atoms with Crippen molar-refractivity contribution in [2.75, 3.05) is 18.0 Å². The summed E-state index contributed by atoms with van der Waals surface area (Å²) in [5.41, 5.74) is -0.0624. The molecular formula is C21H19F2N5O2. The van der Waals surface area contributed by atoms with Crippen LogP contribution in [0.15, 0.2) is 30.6 Å². The number of amides is 1. The van der Waals surface area contributed by atoms with Gasteiger partial charge in [0.05, 0.1) is 24.0 Å². The van der Waals surface area contributed by atoms with Gasteiger partial charge < -0.3 is 14.5 Å². The van der Waals surface area contributed by atoms with Gasteiger partial charge in [-0.2, -0.15) is 5.26 Å². The number of aromatic nitrogens is 2. The van der Waals surface area contributed by atoms with Crippen LogP contribution in [0.25, 0.3) is 0 Å². The molecule has 2 atom stereocenters. The fourth-order valence-electron chi connectivity index (χ4n) is 4.75. The van der Waals surface area contributed by atoms with E-state index in [2.05, 4.69) is 9.97 Å². The summed E-state index contributed by atoms with van der Waals surface area (Å²) in [7, 11) is 0.